The first-order valence-electron chi connectivity index (χ1n) is 4.68. The molecule has 0 saturated carbocycles. The summed E-state index contributed by atoms with van der Waals surface area (Å²) in [5.41, 5.74) is 0. The molecule has 0 unspecified atom stereocenters. The van der Waals surface area contributed by atoms with Gasteiger partial charge in [0.05, 0.1) is 0 Å². The number of aromatic nitrogens is 3. The van der Waals surface area contributed by atoms with Crippen LogP contribution in [-0.2, 0) is 0 Å². The second kappa shape index (κ2) is 5.26. The Hall–Kier alpha value is -1.52. The minimum Gasteiger partial charge on any atom is -0.349 e. The van der Waals surface area contributed by atoms with Crippen molar-refractivity contribution in [1.82, 2.24) is 20.3 Å². The fourth-order valence-electron chi connectivity index (χ4n) is 0.945. The van der Waals surface area contributed by atoms with E-state index < -0.39 is 0 Å². The van der Waals surface area contributed by atoms with Crippen LogP contribution in [0.5, 0.6) is 0 Å². The van der Waals surface area contributed by atoms with E-state index in [0.717, 1.165) is 12.8 Å². The first-order chi connectivity index (χ1) is 6.74. The van der Waals surface area contributed by atoms with Crippen LogP contribution in [0.1, 0.15) is 36.2 Å². The zero-order valence-electron chi connectivity index (χ0n) is 8.45. The van der Waals surface area contributed by atoms with Gasteiger partial charge in [-0.15, -0.1) is 0 Å². The predicted molar refractivity (Wildman–Crippen MR) is 51.8 cm³/mol. The molecule has 0 aliphatic rings. The number of rotatable bonds is 4. The number of nitrogens with zero attached hydrogens (tertiary/aromatic N) is 3. The summed E-state index contributed by atoms with van der Waals surface area (Å²) < 4.78 is 0. The zero-order chi connectivity index (χ0) is 10.4. The summed E-state index contributed by atoms with van der Waals surface area (Å²) in [5.74, 6) is 0.512. The van der Waals surface area contributed by atoms with Crippen LogP contribution >= 0.6 is 0 Å². The fraction of sp³-hybridized carbons (Fsp3) is 0.556. The second-order valence-corrected chi connectivity index (χ2v) is 2.97. The number of unbranched alkanes of at least 4 members (excludes halogenated alkanes) is 1. The maximum absolute atomic E-state index is 11.4. The number of carbonyl (C=O) groups excluding carboxylic acids is 1. The van der Waals surface area contributed by atoms with Crippen LogP contribution in [0, 0.1) is 6.92 Å². The molecule has 0 aliphatic heterocycles. The third kappa shape index (κ3) is 3.08. The monoisotopic (exact) mass is 194 g/mol. The van der Waals surface area contributed by atoms with Gasteiger partial charge in [0.1, 0.15) is 12.2 Å². The van der Waals surface area contributed by atoms with Crippen molar-refractivity contribution in [1.29, 1.82) is 0 Å². The molecule has 1 rings (SSSR count). The van der Waals surface area contributed by atoms with Gasteiger partial charge in [0, 0.05) is 6.54 Å². The Bertz CT molecular complexity index is 313. The summed E-state index contributed by atoms with van der Waals surface area (Å²) in [4.78, 5) is 22.9. The predicted octanol–water partition coefficient (Wildman–Crippen LogP) is 0.710. The van der Waals surface area contributed by atoms with E-state index in [4.69, 9.17) is 0 Å². The van der Waals surface area contributed by atoms with Gasteiger partial charge in [-0.3, -0.25) is 4.79 Å². The van der Waals surface area contributed by atoms with Crippen LogP contribution < -0.4 is 5.32 Å². The second-order valence-electron chi connectivity index (χ2n) is 2.97. The van der Waals surface area contributed by atoms with Gasteiger partial charge in [0.15, 0.2) is 0 Å². The number of amides is 1. The highest BCUT2D eigenvalue weighted by atomic mass is 16.2. The van der Waals surface area contributed by atoms with Gasteiger partial charge in [-0.25, -0.2) is 15.0 Å². The Labute approximate surface area is 83.0 Å². The molecule has 76 valence electrons. The topological polar surface area (TPSA) is 67.8 Å². The molecule has 5 heteroatoms. The molecule has 0 saturated heterocycles. The van der Waals surface area contributed by atoms with Crippen LogP contribution in [0.2, 0.25) is 0 Å². The first-order valence-corrected chi connectivity index (χ1v) is 4.68. The minimum atomic E-state index is -0.232. The highest BCUT2D eigenvalue weighted by Crippen LogP contribution is 1.90. The number of hydrogen-bond acceptors (Lipinski definition) is 4. The maximum Gasteiger partial charge on any atom is 0.289 e. The van der Waals surface area contributed by atoms with Gasteiger partial charge in [0.2, 0.25) is 5.82 Å². The SMILES string of the molecule is CCCCNC(=O)c1ncnc(C)n1. The van der Waals surface area contributed by atoms with Crippen LogP contribution in [0.25, 0.3) is 0 Å². The molecular weight excluding hydrogens is 180 g/mol. The molecule has 0 atom stereocenters. The Morgan fingerprint density at radius 2 is 2.29 bits per heavy atom. The molecule has 0 bridgehead atoms. The Morgan fingerprint density at radius 1 is 1.50 bits per heavy atom. The van der Waals surface area contributed by atoms with Crippen LogP contribution in [0.3, 0.4) is 0 Å². The largest absolute Gasteiger partial charge is 0.349 e. The molecule has 14 heavy (non-hydrogen) atoms. The summed E-state index contributed by atoms with van der Waals surface area (Å²) in [6.45, 7) is 4.46. The Balaban J connectivity index is 2.52. The summed E-state index contributed by atoms with van der Waals surface area (Å²) in [6, 6.07) is 0. The van der Waals surface area contributed by atoms with E-state index >= 15 is 0 Å². The van der Waals surface area contributed by atoms with Gasteiger partial charge >= 0.3 is 0 Å². The number of aryl methyl sites for hydroxylation is 1. The summed E-state index contributed by atoms with van der Waals surface area (Å²) in [7, 11) is 0. The molecule has 1 amide bonds. The van der Waals surface area contributed by atoms with E-state index in [1.54, 1.807) is 6.92 Å². The van der Waals surface area contributed by atoms with Gasteiger partial charge in [-0.2, -0.15) is 0 Å². The van der Waals surface area contributed by atoms with E-state index in [9.17, 15) is 4.79 Å². The van der Waals surface area contributed by atoms with Gasteiger partial charge in [-0.05, 0) is 13.3 Å². The highest BCUT2D eigenvalue weighted by molar-refractivity contribution is 5.90. The minimum absolute atomic E-state index is 0.189. The quantitative estimate of drug-likeness (QED) is 0.717. The summed E-state index contributed by atoms with van der Waals surface area (Å²) in [6.07, 6.45) is 3.36. The average molecular weight is 194 g/mol. The lowest BCUT2D eigenvalue weighted by Crippen LogP contribution is -2.26. The fourth-order valence-corrected chi connectivity index (χ4v) is 0.945. The van der Waals surface area contributed by atoms with Gasteiger partial charge in [0.25, 0.3) is 5.91 Å². The van der Waals surface area contributed by atoms with Crippen molar-refractivity contribution in [3.8, 4) is 0 Å². The molecule has 0 aliphatic carbocycles. The van der Waals surface area contributed by atoms with Crippen molar-refractivity contribution >= 4 is 5.91 Å². The normalized spacial score (nSPS) is 9.86. The molecule has 0 radical (unpaired) electrons. The molecule has 0 aromatic carbocycles. The van der Waals surface area contributed by atoms with Gasteiger partial charge < -0.3 is 5.32 Å². The van der Waals surface area contributed by atoms with Crippen molar-refractivity contribution in [2.45, 2.75) is 26.7 Å². The first kappa shape index (κ1) is 10.6. The lowest BCUT2D eigenvalue weighted by molar-refractivity contribution is 0.0942. The Kier molecular flexibility index (Phi) is 3.97. The summed E-state index contributed by atoms with van der Waals surface area (Å²) >= 11 is 0. The summed E-state index contributed by atoms with van der Waals surface area (Å²) in [5, 5.41) is 2.74. The molecule has 1 heterocycles. The van der Waals surface area contributed by atoms with E-state index in [2.05, 4.69) is 27.2 Å². The number of nitrogens with one attached hydrogen (secondary N) is 1. The van der Waals surface area contributed by atoms with Crippen LogP contribution in [0.15, 0.2) is 6.33 Å². The van der Waals surface area contributed by atoms with Crippen molar-refractivity contribution in [2.75, 3.05) is 6.54 Å². The third-order valence-electron chi connectivity index (χ3n) is 1.71. The molecule has 0 fully saturated rings. The highest BCUT2D eigenvalue weighted by Gasteiger charge is 2.07. The van der Waals surface area contributed by atoms with Gasteiger partial charge in [-0.1, -0.05) is 13.3 Å². The standard InChI is InChI=1S/C9H14N4O/c1-3-4-5-10-9(14)8-12-6-11-7(2)13-8/h6H,3-5H2,1-2H3,(H,10,14). The molecule has 1 aromatic rings. The number of hydrogen-bond donors (Lipinski definition) is 1. The molecule has 0 spiro atoms. The number of carbonyl (C=O) groups is 1. The molecule has 5 nitrogen and oxygen atoms in total. The maximum atomic E-state index is 11.4. The molecule has 1 N–H and O–H groups in total. The molecular formula is C9H14N4O. The Morgan fingerprint density at radius 3 is 2.93 bits per heavy atom. The smallest absolute Gasteiger partial charge is 0.289 e. The van der Waals surface area contributed by atoms with Crippen molar-refractivity contribution in [3.63, 3.8) is 0 Å². The van der Waals surface area contributed by atoms with E-state index in [1.807, 2.05) is 0 Å². The van der Waals surface area contributed by atoms with E-state index in [1.165, 1.54) is 6.33 Å². The average Bonchev–Trinajstić information content (AvgIpc) is 2.18. The van der Waals surface area contributed by atoms with E-state index in [-0.39, 0.29) is 11.7 Å². The molecule has 1 aromatic heterocycles. The lowest BCUT2D eigenvalue weighted by Gasteiger charge is -2.02. The van der Waals surface area contributed by atoms with E-state index in [0.29, 0.717) is 12.4 Å². The van der Waals surface area contributed by atoms with Crippen LogP contribution in [-0.4, -0.2) is 27.4 Å². The van der Waals surface area contributed by atoms with Crippen molar-refractivity contribution < 1.29 is 4.79 Å². The van der Waals surface area contributed by atoms with Crippen molar-refractivity contribution in [3.05, 3.63) is 18.0 Å². The third-order valence-corrected chi connectivity index (χ3v) is 1.71. The lowest BCUT2D eigenvalue weighted by atomic mass is 10.3. The van der Waals surface area contributed by atoms with Crippen LogP contribution in [0.4, 0.5) is 0 Å². The van der Waals surface area contributed by atoms with Crippen molar-refractivity contribution in [2.24, 2.45) is 0 Å². The zero-order valence-corrected chi connectivity index (χ0v) is 8.45.